The summed E-state index contributed by atoms with van der Waals surface area (Å²) in [6.07, 6.45) is 2.79. The molecule has 2 saturated carbocycles. The van der Waals surface area contributed by atoms with Crippen LogP contribution in [0, 0.1) is 22.7 Å². The van der Waals surface area contributed by atoms with Gasteiger partial charge in [0.2, 0.25) is 0 Å². The first-order valence-electron chi connectivity index (χ1n) is 5.10. The Morgan fingerprint density at radius 2 is 1.92 bits per heavy atom. The second-order valence-corrected chi connectivity index (χ2v) is 5.51. The molecule has 0 amide bonds. The third kappa shape index (κ3) is 0.616. The van der Waals surface area contributed by atoms with Gasteiger partial charge in [-0.05, 0) is 35.5 Å². The predicted octanol–water partition coefficient (Wildman–Crippen LogP) is 3.63. The summed E-state index contributed by atoms with van der Waals surface area (Å²) in [5.74, 6) is 1.66. The van der Waals surface area contributed by atoms with Crippen molar-refractivity contribution in [1.29, 1.82) is 0 Å². The highest BCUT2D eigenvalue weighted by molar-refractivity contribution is 5.29. The minimum atomic E-state index is 0.442. The van der Waals surface area contributed by atoms with Crippen LogP contribution in [0.2, 0.25) is 0 Å². The first-order valence-corrected chi connectivity index (χ1v) is 5.10. The first-order chi connectivity index (χ1) is 5.41. The van der Waals surface area contributed by atoms with Gasteiger partial charge in [-0.2, -0.15) is 0 Å². The number of hydrogen-bond acceptors (Lipinski definition) is 0. The molecule has 0 heteroatoms. The highest BCUT2D eigenvalue weighted by atomic mass is 14.6. The topological polar surface area (TPSA) is 0 Å². The molecule has 0 unspecified atom stereocenters. The fourth-order valence-electron chi connectivity index (χ4n) is 3.73. The normalized spacial score (nSPS) is 50.2. The van der Waals surface area contributed by atoms with Gasteiger partial charge in [0, 0.05) is 0 Å². The molecule has 0 aliphatic heterocycles. The molecule has 2 fully saturated rings. The number of fused-ring (bicyclic) bond motifs is 2. The van der Waals surface area contributed by atoms with Gasteiger partial charge in [0.25, 0.3) is 0 Å². The van der Waals surface area contributed by atoms with Crippen LogP contribution in [0.1, 0.15) is 40.5 Å². The molecule has 0 aromatic rings. The van der Waals surface area contributed by atoms with Gasteiger partial charge in [0.1, 0.15) is 0 Å². The summed E-state index contributed by atoms with van der Waals surface area (Å²) in [4.78, 5) is 0. The Morgan fingerprint density at radius 3 is 2.17 bits per heavy atom. The molecule has 0 heterocycles. The summed E-state index contributed by atoms with van der Waals surface area (Å²) in [6, 6.07) is 0. The molecule has 12 heavy (non-hydrogen) atoms. The van der Waals surface area contributed by atoms with E-state index in [4.69, 9.17) is 0 Å². The van der Waals surface area contributed by atoms with Crippen LogP contribution in [0.3, 0.4) is 0 Å². The predicted molar refractivity (Wildman–Crippen MR) is 52.9 cm³/mol. The van der Waals surface area contributed by atoms with Gasteiger partial charge in [-0.3, -0.25) is 0 Å². The van der Waals surface area contributed by atoms with Crippen LogP contribution in [-0.2, 0) is 0 Å². The summed E-state index contributed by atoms with van der Waals surface area (Å²) in [5, 5.41) is 0. The van der Waals surface area contributed by atoms with Gasteiger partial charge in [0.15, 0.2) is 0 Å². The highest BCUT2D eigenvalue weighted by Gasteiger charge is 2.61. The summed E-state index contributed by atoms with van der Waals surface area (Å²) in [6.45, 7) is 13.9. The largest absolute Gasteiger partial charge is 0.0990 e. The van der Waals surface area contributed by atoms with Crippen LogP contribution in [0.5, 0.6) is 0 Å². The van der Waals surface area contributed by atoms with Crippen molar-refractivity contribution < 1.29 is 0 Å². The van der Waals surface area contributed by atoms with E-state index in [9.17, 15) is 0 Å². The zero-order chi connectivity index (χ0) is 9.15. The summed E-state index contributed by atoms with van der Waals surface area (Å²) >= 11 is 0. The Kier molecular flexibility index (Phi) is 1.37. The Balaban J connectivity index is 2.50. The minimum absolute atomic E-state index is 0.442. The van der Waals surface area contributed by atoms with E-state index in [1.54, 1.807) is 0 Å². The van der Waals surface area contributed by atoms with Crippen LogP contribution in [-0.4, -0.2) is 0 Å². The molecule has 3 atom stereocenters. The van der Waals surface area contributed by atoms with Gasteiger partial charge in [-0.1, -0.05) is 39.8 Å². The van der Waals surface area contributed by atoms with E-state index in [1.807, 2.05) is 0 Å². The standard InChI is InChI=1S/C12H20/c1-8-9(2)12(5)7-6-10(8)11(12,3)4/h8,10H,2,6-7H2,1,3-5H3/t8-,10+,12-/m0/s1. The molecule has 0 N–H and O–H groups in total. The molecule has 2 aliphatic carbocycles. The molecular formula is C12H20. The van der Waals surface area contributed by atoms with E-state index in [1.165, 1.54) is 18.4 Å². The first kappa shape index (κ1) is 8.34. The molecule has 68 valence electrons. The lowest BCUT2D eigenvalue weighted by molar-refractivity contribution is 0.173. The van der Waals surface area contributed by atoms with Crippen molar-refractivity contribution >= 4 is 0 Å². The van der Waals surface area contributed by atoms with Crippen LogP contribution in [0.4, 0.5) is 0 Å². The van der Waals surface area contributed by atoms with Crippen molar-refractivity contribution in [1.82, 2.24) is 0 Å². The molecule has 0 spiro atoms. The third-order valence-electron chi connectivity index (χ3n) is 5.17. The molecule has 0 nitrogen and oxygen atoms in total. The smallest absolute Gasteiger partial charge is 0.00622 e. The zero-order valence-corrected chi connectivity index (χ0v) is 8.78. The van der Waals surface area contributed by atoms with Crippen LogP contribution >= 0.6 is 0 Å². The Labute approximate surface area is 76.1 Å². The number of rotatable bonds is 0. The average Bonchev–Trinajstić information content (AvgIpc) is 2.26. The Bertz CT molecular complexity index is 236. The van der Waals surface area contributed by atoms with Gasteiger partial charge < -0.3 is 0 Å². The second-order valence-electron chi connectivity index (χ2n) is 5.51. The van der Waals surface area contributed by atoms with Crippen molar-refractivity contribution in [3.05, 3.63) is 12.2 Å². The van der Waals surface area contributed by atoms with Crippen molar-refractivity contribution in [3.8, 4) is 0 Å². The van der Waals surface area contributed by atoms with E-state index in [-0.39, 0.29) is 0 Å². The molecule has 2 bridgehead atoms. The average molecular weight is 164 g/mol. The maximum Gasteiger partial charge on any atom is -0.00622 e. The molecule has 2 rings (SSSR count). The van der Waals surface area contributed by atoms with Crippen molar-refractivity contribution in [2.75, 3.05) is 0 Å². The van der Waals surface area contributed by atoms with Gasteiger partial charge in [-0.25, -0.2) is 0 Å². The highest BCUT2D eigenvalue weighted by Crippen LogP contribution is 2.69. The summed E-state index contributed by atoms with van der Waals surface area (Å²) in [5.41, 5.74) is 2.46. The zero-order valence-electron chi connectivity index (χ0n) is 8.78. The number of allylic oxidation sites excluding steroid dienone is 1. The van der Waals surface area contributed by atoms with E-state index in [2.05, 4.69) is 34.3 Å². The second kappa shape index (κ2) is 1.97. The fraction of sp³-hybridized carbons (Fsp3) is 0.833. The van der Waals surface area contributed by atoms with Crippen LogP contribution in [0.25, 0.3) is 0 Å². The van der Waals surface area contributed by atoms with Crippen LogP contribution in [0.15, 0.2) is 12.2 Å². The molecule has 2 aliphatic rings. The lowest BCUT2D eigenvalue weighted by Gasteiger charge is -2.35. The Hall–Kier alpha value is -0.260. The lowest BCUT2D eigenvalue weighted by Crippen LogP contribution is -2.27. The monoisotopic (exact) mass is 164 g/mol. The molecule has 0 aromatic heterocycles. The van der Waals surface area contributed by atoms with Gasteiger partial charge >= 0.3 is 0 Å². The maximum absolute atomic E-state index is 4.29. The van der Waals surface area contributed by atoms with Crippen molar-refractivity contribution in [3.63, 3.8) is 0 Å². The Morgan fingerprint density at radius 1 is 1.33 bits per heavy atom. The maximum atomic E-state index is 4.29. The lowest BCUT2D eigenvalue weighted by atomic mass is 9.69. The van der Waals surface area contributed by atoms with Crippen LogP contribution < -0.4 is 0 Å². The van der Waals surface area contributed by atoms with E-state index < -0.39 is 0 Å². The molecular weight excluding hydrogens is 144 g/mol. The number of hydrogen-bond donors (Lipinski definition) is 0. The van der Waals surface area contributed by atoms with E-state index in [0.29, 0.717) is 10.8 Å². The third-order valence-corrected chi connectivity index (χ3v) is 5.17. The van der Waals surface area contributed by atoms with E-state index in [0.717, 1.165) is 11.8 Å². The minimum Gasteiger partial charge on any atom is -0.0990 e. The molecule has 0 aromatic carbocycles. The summed E-state index contributed by atoms with van der Waals surface area (Å²) < 4.78 is 0. The van der Waals surface area contributed by atoms with Crippen molar-refractivity contribution in [2.24, 2.45) is 22.7 Å². The quantitative estimate of drug-likeness (QED) is 0.479. The van der Waals surface area contributed by atoms with Gasteiger partial charge in [0.05, 0.1) is 0 Å². The SMILES string of the molecule is C=C1[C@H](C)[C@H]2CC[C@]1(C)C2(C)C. The van der Waals surface area contributed by atoms with Crippen molar-refractivity contribution in [2.45, 2.75) is 40.5 Å². The van der Waals surface area contributed by atoms with Gasteiger partial charge in [-0.15, -0.1) is 0 Å². The summed E-state index contributed by atoms with van der Waals surface area (Å²) in [7, 11) is 0. The molecule has 0 saturated heterocycles. The fourth-order valence-corrected chi connectivity index (χ4v) is 3.73. The van der Waals surface area contributed by atoms with E-state index >= 15 is 0 Å². The molecule has 0 radical (unpaired) electrons.